The Balaban J connectivity index is 1.29. The highest BCUT2D eigenvalue weighted by atomic mass is 16.7. The Bertz CT molecular complexity index is 1900. The number of carbonyl (C=O) groups is 4. The summed E-state index contributed by atoms with van der Waals surface area (Å²) in [6.45, 7) is 1.68. The Kier molecular flexibility index (Phi) is 8.35. The molecule has 238 valence electrons. The number of hydroxylamine groups is 2. The van der Waals surface area contributed by atoms with E-state index in [4.69, 9.17) is 9.25 Å². The molecule has 11 nitrogen and oxygen atoms in total. The van der Waals surface area contributed by atoms with Crippen molar-refractivity contribution < 1.29 is 33.5 Å². The van der Waals surface area contributed by atoms with Gasteiger partial charge < -0.3 is 19.3 Å². The van der Waals surface area contributed by atoms with Gasteiger partial charge in [0.25, 0.3) is 11.8 Å². The van der Waals surface area contributed by atoms with Crippen LogP contribution in [0.4, 0.5) is 5.69 Å². The van der Waals surface area contributed by atoms with Crippen LogP contribution in [-0.2, 0) is 25.8 Å². The molecule has 46 heavy (non-hydrogen) atoms. The highest BCUT2D eigenvalue weighted by molar-refractivity contribution is 6.08. The zero-order valence-electron chi connectivity index (χ0n) is 26.4. The van der Waals surface area contributed by atoms with Gasteiger partial charge in [-0.25, -0.2) is 14.2 Å². The molecule has 0 radical (unpaired) electrons. The zero-order chi connectivity index (χ0) is 32.7. The summed E-state index contributed by atoms with van der Waals surface area (Å²) in [5.41, 5.74) is 4.87. The van der Waals surface area contributed by atoms with E-state index < -0.39 is 29.7 Å². The zero-order valence-corrected chi connectivity index (χ0v) is 26.4. The van der Waals surface area contributed by atoms with E-state index in [1.807, 2.05) is 86.2 Å². The second kappa shape index (κ2) is 12.4. The quantitative estimate of drug-likeness (QED) is 0.186. The van der Waals surface area contributed by atoms with Crippen LogP contribution < -0.4 is 14.8 Å². The minimum atomic E-state index is -1.03. The number of carboxylic acids is 1. The fourth-order valence-corrected chi connectivity index (χ4v) is 6.21. The van der Waals surface area contributed by atoms with Gasteiger partial charge in [0.05, 0.1) is 17.5 Å². The second-order valence-corrected chi connectivity index (χ2v) is 12.4. The van der Waals surface area contributed by atoms with Crippen LogP contribution in [0, 0.1) is 5.92 Å². The topological polar surface area (TPSA) is 124 Å². The molecule has 0 aromatic heterocycles. The van der Waals surface area contributed by atoms with Crippen molar-refractivity contribution in [1.29, 1.82) is 0 Å². The van der Waals surface area contributed by atoms with Crippen LogP contribution in [0.15, 0.2) is 59.0 Å². The van der Waals surface area contributed by atoms with Gasteiger partial charge >= 0.3 is 11.9 Å². The van der Waals surface area contributed by atoms with Crippen LogP contribution in [0.3, 0.4) is 0 Å². The predicted octanol–water partition coefficient (Wildman–Crippen LogP) is 3.82. The summed E-state index contributed by atoms with van der Waals surface area (Å²) in [5, 5.41) is 12.8. The fourth-order valence-electron chi connectivity index (χ4n) is 6.21. The average molecular weight is 626 g/mol. The van der Waals surface area contributed by atoms with E-state index >= 15 is 0 Å². The standard InChI is InChI=1S/C35H36N4O7/c1-36(2)23-6-9-26-29(18-23)45-30-19-24(37(3)4)7-10-27(30)33(26)25-8-5-21(17-28(25)34(42)43)20-38-15-13-22(14-16-38)35(44)46-39-31(40)11-12-32(39)41/h5-10,17-19,22H,11-16,20H2,1-4H3/p+1. The molecular weight excluding hydrogens is 588 g/mol. The molecule has 1 N–H and O–H groups in total. The molecule has 0 unspecified atom stereocenters. The van der Waals surface area contributed by atoms with Crippen LogP contribution in [0.1, 0.15) is 41.6 Å². The molecule has 0 atom stereocenters. The van der Waals surface area contributed by atoms with Crippen molar-refractivity contribution in [3.8, 4) is 22.5 Å². The number of likely N-dealkylation sites (tertiary alicyclic amines) is 1. The Morgan fingerprint density at radius 3 is 2.30 bits per heavy atom. The van der Waals surface area contributed by atoms with E-state index in [1.54, 1.807) is 6.07 Å². The van der Waals surface area contributed by atoms with E-state index in [0.717, 1.165) is 33.1 Å². The van der Waals surface area contributed by atoms with Crippen molar-refractivity contribution in [1.82, 2.24) is 14.5 Å². The van der Waals surface area contributed by atoms with Gasteiger partial charge in [0.2, 0.25) is 5.36 Å². The SMILES string of the molecule is CN(C)c1ccc2c(-c3ccc(CN4CCC(C(=O)ON5C(=O)CCC5=O)CC4)cc3C(=O)O)c3ccc(=[N+](C)C)cc-3oc2c1. The third-order valence-electron chi connectivity index (χ3n) is 8.82. The number of hydrogen-bond donors (Lipinski definition) is 1. The number of fused-ring (bicyclic) bond motifs is 2. The molecule has 6 rings (SSSR count). The third-order valence-corrected chi connectivity index (χ3v) is 8.82. The van der Waals surface area contributed by atoms with Crippen LogP contribution in [0.25, 0.3) is 33.4 Å². The summed E-state index contributed by atoms with van der Waals surface area (Å²) in [4.78, 5) is 58.3. The van der Waals surface area contributed by atoms with Crippen molar-refractivity contribution >= 4 is 40.4 Å². The van der Waals surface area contributed by atoms with Gasteiger partial charge in [0, 0.05) is 67.8 Å². The molecule has 11 heteroatoms. The van der Waals surface area contributed by atoms with Gasteiger partial charge in [-0.15, -0.1) is 5.06 Å². The van der Waals surface area contributed by atoms with Gasteiger partial charge in [-0.2, -0.15) is 0 Å². The summed E-state index contributed by atoms with van der Waals surface area (Å²) in [6, 6.07) is 17.4. The van der Waals surface area contributed by atoms with Gasteiger partial charge in [-0.05, 0) is 61.3 Å². The number of hydrogen-bond acceptors (Lipinski definition) is 8. The number of carboxylic acid groups (broad SMARTS) is 1. The lowest BCUT2D eigenvalue weighted by Crippen LogP contribution is -2.40. The first-order valence-electron chi connectivity index (χ1n) is 15.3. The largest absolute Gasteiger partial charge is 0.478 e. The first kappa shape index (κ1) is 31.0. The molecule has 0 saturated carbocycles. The Hall–Kier alpha value is -5.03. The number of aromatic carboxylic acids is 1. The number of anilines is 1. The Morgan fingerprint density at radius 2 is 1.65 bits per heavy atom. The van der Waals surface area contributed by atoms with Crippen LogP contribution >= 0.6 is 0 Å². The molecule has 2 aromatic carbocycles. The summed E-state index contributed by atoms with van der Waals surface area (Å²) in [6.07, 6.45) is 1.13. The lowest BCUT2D eigenvalue weighted by Gasteiger charge is -2.31. The predicted molar refractivity (Wildman–Crippen MR) is 172 cm³/mol. The first-order valence-corrected chi connectivity index (χ1v) is 15.3. The highest BCUT2D eigenvalue weighted by Gasteiger charge is 2.36. The Morgan fingerprint density at radius 1 is 0.957 bits per heavy atom. The summed E-state index contributed by atoms with van der Waals surface area (Å²) in [5.74, 6) is -2.33. The van der Waals surface area contributed by atoms with Crippen LogP contribution in [-0.4, -0.2) is 80.1 Å². The lowest BCUT2D eigenvalue weighted by molar-refractivity contribution is -0.201. The second-order valence-electron chi connectivity index (χ2n) is 12.4. The fraction of sp³-hybridized carbons (Fsp3) is 0.343. The van der Waals surface area contributed by atoms with Gasteiger partial charge in [-0.3, -0.25) is 14.5 Å². The van der Waals surface area contributed by atoms with E-state index in [1.165, 1.54) is 0 Å². The third kappa shape index (κ3) is 5.97. The number of nitrogens with zero attached hydrogens (tertiary/aromatic N) is 4. The van der Waals surface area contributed by atoms with Crippen molar-refractivity contribution in [2.24, 2.45) is 5.92 Å². The van der Waals surface area contributed by atoms with Gasteiger partial charge in [0.15, 0.2) is 0 Å². The van der Waals surface area contributed by atoms with Crippen molar-refractivity contribution in [2.75, 3.05) is 46.2 Å². The molecule has 2 aromatic rings. The molecule has 2 saturated heterocycles. The van der Waals surface area contributed by atoms with Crippen molar-refractivity contribution in [2.45, 2.75) is 32.2 Å². The maximum absolute atomic E-state index is 12.8. The van der Waals surface area contributed by atoms with E-state index in [0.29, 0.717) is 54.4 Å². The van der Waals surface area contributed by atoms with Gasteiger partial charge in [0.1, 0.15) is 25.4 Å². The number of amides is 2. The number of benzene rings is 3. The van der Waals surface area contributed by atoms with E-state index in [9.17, 15) is 24.3 Å². The minimum absolute atomic E-state index is 0.0580. The highest BCUT2D eigenvalue weighted by Crippen LogP contribution is 2.42. The number of imide groups is 1. The van der Waals surface area contributed by atoms with Crippen molar-refractivity contribution in [3.05, 3.63) is 71.1 Å². The monoisotopic (exact) mass is 625 g/mol. The molecule has 0 spiro atoms. The molecule has 2 fully saturated rings. The smallest absolute Gasteiger partial charge is 0.336 e. The average Bonchev–Trinajstić information content (AvgIpc) is 3.35. The number of piperidine rings is 1. The molecular formula is C35H37N4O7+. The first-order chi connectivity index (χ1) is 22.0. The Labute approximate surface area is 266 Å². The normalized spacial score (nSPS) is 16.0. The minimum Gasteiger partial charge on any atom is -0.478 e. The summed E-state index contributed by atoms with van der Waals surface area (Å²) < 4.78 is 8.40. The van der Waals surface area contributed by atoms with Gasteiger partial charge in [-0.1, -0.05) is 12.1 Å². The number of rotatable bonds is 7. The van der Waals surface area contributed by atoms with Crippen LogP contribution in [0.2, 0.25) is 0 Å². The molecule has 1 aliphatic carbocycles. The lowest BCUT2D eigenvalue weighted by atomic mass is 9.89. The number of carbonyl (C=O) groups excluding carboxylic acids is 3. The molecule has 3 heterocycles. The van der Waals surface area contributed by atoms with E-state index in [2.05, 4.69) is 4.90 Å². The van der Waals surface area contributed by atoms with E-state index in [-0.39, 0.29) is 18.4 Å². The van der Waals surface area contributed by atoms with Crippen molar-refractivity contribution in [3.63, 3.8) is 0 Å². The van der Waals surface area contributed by atoms with Crippen LogP contribution in [0.5, 0.6) is 0 Å². The molecule has 2 amide bonds. The maximum atomic E-state index is 12.8. The summed E-state index contributed by atoms with van der Waals surface area (Å²) in [7, 11) is 7.84. The molecule has 3 aliphatic heterocycles. The molecule has 4 aliphatic rings. The molecule has 0 bridgehead atoms. The maximum Gasteiger partial charge on any atom is 0.336 e. The summed E-state index contributed by atoms with van der Waals surface area (Å²) >= 11 is 0.